The third-order valence-electron chi connectivity index (χ3n) is 5.50. The lowest BCUT2D eigenvalue weighted by molar-refractivity contribution is 0.203. The van der Waals surface area contributed by atoms with E-state index in [2.05, 4.69) is 26.7 Å². The molecule has 2 heterocycles. The van der Waals surface area contributed by atoms with Crippen LogP contribution >= 0.6 is 0 Å². The summed E-state index contributed by atoms with van der Waals surface area (Å²) in [6, 6.07) is 10.8. The molecule has 2 N–H and O–H groups in total. The van der Waals surface area contributed by atoms with Crippen LogP contribution in [0.2, 0.25) is 0 Å². The third kappa shape index (κ3) is 4.35. The van der Waals surface area contributed by atoms with Crippen LogP contribution in [0.25, 0.3) is 11.0 Å². The Morgan fingerprint density at radius 1 is 1.14 bits per heavy atom. The molecule has 0 bridgehead atoms. The number of hydrogen-bond acceptors (Lipinski definition) is 2. The van der Waals surface area contributed by atoms with Gasteiger partial charge in [-0.3, -0.25) is 4.90 Å². The Balaban J connectivity index is 1.31. The summed E-state index contributed by atoms with van der Waals surface area (Å²) in [5, 5.41) is 0. The lowest BCUT2D eigenvalue weighted by Crippen LogP contribution is -2.34. The number of rotatable bonds is 3. The first-order valence-electron chi connectivity index (χ1n) is 9.75. The lowest BCUT2D eigenvalue weighted by Gasteiger charge is -2.30. The number of nitrogens with one attached hydrogen (secondary N) is 2. The van der Waals surface area contributed by atoms with E-state index in [0.29, 0.717) is 5.92 Å². The van der Waals surface area contributed by atoms with Crippen molar-refractivity contribution in [3.63, 3.8) is 0 Å². The van der Waals surface area contributed by atoms with Crippen LogP contribution in [0.4, 0.5) is 4.39 Å². The van der Waals surface area contributed by atoms with Gasteiger partial charge in [-0.05, 0) is 80.6 Å². The highest BCUT2D eigenvalue weighted by molar-refractivity contribution is 5.79. The Hall–Kier alpha value is -2.84. The Labute approximate surface area is 163 Å². The molecule has 1 fully saturated rings. The number of aromatic nitrogens is 2. The standard InChI is InChI=1S/C23H24FN3O/c1-16-13-19(15-21-22(16)26-23(28)25-21)3-2-10-27-11-8-18(9-12-27)14-17-4-6-20(24)7-5-17/h4-7,13,15,18H,8-12,14H2,1H3,(H2,25,26,28). The molecule has 1 aromatic heterocycles. The molecule has 4 nitrogen and oxygen atoms in total. The molecule has 0 spiro atoms. The molecule has 0 amide bonds. The zero-order valence-corrected chi connectivity index (χ0v) is 16.0. The van der Waals surface area contributed by atoms with Crippen molar-refractivity contribution in [2.45, 2.75) is 26.2 Å². The number of nitrogens with zero attached hydrogens (tertiary/aromatic N) is 1. The van der Waals surface area contributed by atoms with Gasteiger partial charge in [0.15, 0.2) is 0 Å². The molecule has 2 aromatic carbocycles. The first-order chi connectivity index (χ1) is 13.6. The molecular formula is C23H24FN3O. The van der Waals surface area contributed by atoms with E-state index in [-0.39, 0.29) is 11.5 Å². The molecular weight excluding hydrogens is 353 g/mol. The largest absolute Gasteiger partial charge is 0.323 e. The summed E-state index contributed by atoms with van der Waals surface area (Å²) in [6.07, 6.45) is 3.32. The van der Waals surface area contributed by atoms with Gasteiger partial charge >= 0.3 is 5.69 Å². The molecule has 0 unspecified atom stereocenters. The zero-order chi connectivity index (χ0) is 19.5. The van der Waals surface area contributed by atoms with Crippen LogP contribution in [-0.2, 0) is 6.42 Å². The van der Waals surface area contributed by atoms with Crippen LogP contribution in [-0.4, -0.2) is 34.5 Å². The van der Waals surface area contributed by atoms with Crippen molar-refractivity contribution in [1.82, 2.24) is 14.9 Å². The van der Waals surface area contributed by atoms with E-state index in [0.717, 1.165) is 61.1 Å². The van der Waals surface area contributed by atoms with Crippen LogP contribution < -0.4 is 5.69 Å². The quantitative estimate of drug-likeness (QED) is 0.685. The minimum absolute atomic E-state index is 0.172. The average molecular weight is 377 g/mol. The smallest absolute Gasteiger partial charge is 0.306 e. The zero-order valence-electron chi connectivity index (χ0n) is 16.0. The second-order valence-electron chi connectivity index (χ2n) is 7.65. The maximum atomic E-state index is 13.0. The van der Waals surface area contributed by atoms with E-state index >= 15 is 0 Å². The van der Waals surface area contributed by atoms with Crippen LogP contribution in [0, 0.1) is 30.5 Å². The maximum Gasteiger partial charge on any atom is 0.323 e. The fourth-order valence-electron chi connectivity index (χ4n) is 3.95. The number of fused-ring (bicyclic) bond motifs is 1. The summed E-state index contributed by atoms with van der Waals surface area (Å²) in [5.41, 5.74) is 4.61. The highest BCUT2D eigenvalue weighted by atomic mass is 19.1. The van der Waals surface area contributed by atoms with Crippen molar-refractivity contribution in [3.8, 4) is 11.8 Å². The van der Waals surface area contributed by atoms with Gasteiger partial charge in [0.1, 0.15) is 5.82 Å². The van der Waals surface area contributed by atoms with E-state index < -0.39 is 0 Å². The van der Waals surface area contributed by atoms with Gasteiger partial charge in [-0.25, -0.2) is 9.18 Å². The van der Waals surface area contributed by atoms with Gasteiger partial charge in [-0.15, -0.1) is 0 Å². The van der Waals surface area contributed by atoms with E-state index in [1.165, 1.54) is 5.56 Å². The van der Waals surface area contributed by atoms with Crippen molar-refractivity contribution in [2.24, 2.45) is 5.92 Å². The van der Waals surface area contributed by atoms with Crippen LogP contribution in [0.15, 0.2) is 41.2 Å². The molecule has 0 saturated carbocycles. The third-order valence-corrected chi connectivity index (χ3v) is 5.50. The first kappa shape index (κ1) is 18.5. The number of benzene rings is 2. The minimum Gasteiger partial charge on any atom is -0.306 e. The molecule has 28 heavy (non-hydrogen) atoms. The van der Waals surface area contributed by atoms with Gasteiger partial charge in [0.25, 0.3) is 0 Å². The Kier molecular flexibility index (Phi) is 5.31. The van der Waals surface area contributed by atoms with Crippen molar-refractivity contribution in [2.75, 3.05) is 19.6 Å². The summed E-state index contributed by atoms with van der Waals surface area (Å²) < 4.78 is 13.0. The number of imidazole rings is 1. The molecule has 4 rings (SSSR count). The number of aromatic amines is 2. The van der Waals surface area contributed by atoms with Gasteiger partial charge in [0.05, 0.1) is 17.6 Å². The van der Waals surface area contributed by atoms with Gasteiger partial charge in [0, 0.05) is 5.56 Å². The topological polar surface area (TPSA) is 51.9 Å². The summed E-state index contributed by atoms with van der Waals surface area (Å²) in [5.74, 6) is 6.99. The number of hydrogen-bond donors (Lipinski definition) is 2. The number of halogens is 1. The highest BCUT2D eigenvalue weighted by Gasteiger charge is 2.18. The van der Waals surface area contributed by atoms with Crippen LogP contribution in [0.3, 0.4) is 0 Å². The fraction of sp³-hybridized carbons (Fsp3) is 0.348. The Morgan fingerprint density at radius 2 is 1.89 bits per heavy atom. The minimum atomic E-state index is -0.188. The molecule has 0 radical (unpaired) electrons. The van der Waals surface area contributed by atoms with Crippen molar-refractivity contribution < 1.29 is 4.39 Å². The molecule has 1 saturated heterocycles. The average Bonchev–Trinajstić information content (AvgIpc) is 3.06. The monoisotopic (exact) mass is 377 g/mol. The van der Waals surface area contributed by atoms with Crippen LogP contribution in [0.5, 0.6) is 0 Å². The van der Waals surface area contributed by atoms with Crippen molar-refractivity contribution in [1.29, 1.82) is 0 Å². The van der Waals surface area contributed by atoms with E-state index in [1.54, 1.807) is 12.1 Å². The SMILES string of the molecule is Cc1cc(C#CCN2CCC(Cc3ccc(F)cc3)CC2)cc2[nH]c(=O)[nH]c12. The molecule has 1 aliphatic rings. The maximum absolute atomic E-state index is 13.0. The highest BCUT2D eigenvalue weighted by Crippen LogP contribution is 2.21. The second kappa shape index (κ2) is 8.04. The molecule has 1 aliphatic heterocycles. The summed E-state index contributed by atoms with van der Waals surface area (Å²) in [6.45, 7) is 4.82. The van der Waals surface area contributed by atoms with Crippen molar-refractivity contribution >= 4 is 11.0 Å². The van der Waals surface area contributed by atoms with Gasteiger partial charge < -0.3 is 9.97 Å². The Bertz CT molecular complexity index is 1080. The normalized spacial score (nSPS) is 15.5. The van der Waals surface area contributed by atoms with Gasteiger partial charge in [0.2, 0.25) is 0 Å². The van der Waals surface area contributed by atoms with Gasteiger partial charge in [-0.2, -0.15) is 0 Å². The van der Waals surface area contributed by atoms with E-state index in [4.69, 9.17) is 0 Å². The molecule has 3 aromatic rings. The van der Waals surface area contributed by atoms with Gasteiger partial charge in [-0.1, -0.05) is 24.0 Å². The Morgan fingerprint density at radius 3 is 2.64 bits per heavy atom. The molecule has 0 atom stereocenters. The first-order valence-corrected chi connectivity index (χ1v) is 9.75. The number of piperidine rings is 1. The van der Waals surface area contributed by atoms with Crippen LogP contribution in [0.1, 0.15) is 29.5 Å². The molecule has 0 aliphatic carbocycles. The van der Waals surface area contributed by atoms with E-state index in [1.807, 2.05) is 31.2 Å². The second-order valence-corrected chi connectivity index (χ2v) is 7.65. The number of H-pyrrole nitrogens is 2. The molecule has 144 valence electrons. The summed E-state index contributed by atoms with van der Waals surface area (Å²) in [7, 11) is 0. The predicted molar refractivity (Wildman–Crippen MR) is 110 cm³/mol. The summed E-state index contributed by atoms with van der Waals surface area (Å²) in [4.78, 5) is 19.4. The number of likely N-dealkylation sites (tertiary alicyclic amines) is 1. The predicted octanol–water partition coefficient (Wildman–Crippen LogP) is 3.61. The number of aryl methyl sites for hydroxylation is 1. The summed E-state index contributed by atoms with van der Waals surface area (Å²) >= 11 is 0. The molecule has 5 heteroatoms. The van der Waals surface area contributed by atoms with Crippen molar-refractivity contribution in [3.05, 3.63) is 69.4 Å². The van der Waals surface area contributed by atoms with E-state index in [9.17, 15) is 9.18 Å². The lowest BCUT2D eigenvalue weighted by atomic mass is 9.90. The fourth-order valence-corrected chi connectivity index (χ4v) is 3.95.